The van der Waals surface area contributed by atoms with Crippen molar-refractivity contribution < 1.29 is 19.1 Å². The van der Waals surface area contributed by atoms with E-state index >= 15 is 0 Å². The summed E-state index contributed by atoms with van der Waals surface area (Å²) in [6.07, 6.45) is 1.49. The van der Waals surface area contributed by atoms with E-state index in [1.54, 1.807) is 0 Å². The molecular weight excluding hydrogens is 370 g/mol. The van der Waals surface area contributed by atoms with Crippen LogP contribution < -0.4 is 20.1 Å². The van der Waals surface area contributed by atoms with E-state index < -0.39 is 0 Å². The number of ether oxygens (including phenoxy) is 2. The molecule has 0 unspecified atom stereocenters. The molecular formula is C22H25N3O4. The Kier molecular flexibility index (Phi) is 5.84. The average molecular weight is 395 g/mol. The second-order valence-corrected chi connectivity index (χ2v) is 7.24. The number of likely N-dealkylation sites (tertiary alicyclic amines) is 1. The van der Waals surface area contributed by atoms with Gasteiger partial charge in [0.25, 0.3) is 5.91 Å². The molecule has 0 saturated carbocycles. The van der Waals surface area contributed by atoms with E-state index in [1.165, 1.54) is 0 Å². The summed E-state index contributed by atoms with van der Waals surface area (Å²) in [6, 6.07) is 14.8. The van der Waals surface area contributed by atoms with Gasteiger partial charge in [-0.05, 0) is 42.7 Å². The number of amides is 3. The summed E-state index contributed by atoms with van der Waals surface area (Å²) >= 11 is 0. The van der Waals surface area contributed by atoms with Gasteiger partial charge in [0.2, 0.25) is 0 Å². The molecule has 0 bridgehead atoms. The zero-order valence-corrected chi connectivity index (χ0v) is 16.2. The van der Waals surface area contributed by atoms with Crippen molar-refractivity contribution in [2.45, 2.75) is 25.4 Å². The Labute approximate surface area is 170 Å². The van der Waals surface area contributed by atoms with Crippen molar-refractivity contribution in [1.29, 1.82) is 0 Å². The van der Waals surface area contributed by atoms with E-state index in [2.05, 4.69) is 10.6 Å². The number of benzene rings is 2. The van der Waals surface area contributed by atoms with E-state index in [0.29, 0.717) is 44.2 Å². The van der Waals surface area contributed by atoms with Crippen molar-refractivity contribution in [2.24, 2.45) is 0 Å². The van der Waals surface area contributed by atoms with Crippen molar-refractivity contribution in [3.8, 4) is 11.5 Å². The summed E-state index contributed by atoms with van der Waals surface area (Å²) in [5.74, 6) is 1.50. The van der Waals surface area contributed by atoms with Crippen LogP contribution in [0.25, 0.3) is 0 Å². The normalized spacial score (nSPS) is 16.2. The second kappa shape index (κ2) is 8.86. The first kappa shape index (κ1) is 19.1. The number of carbonyl (C=O) groups excluding carboxylic acids is 2. The van der Waals surface area contributed by atoms with E-state index in [1.807, 2.05) is 53.4 Å². The smallest absolute Gasteiger partial charge is 0.315 e. The summed E-state index contributed by atoms with van der Waals surface area (Å²) < 4.78 is 11.1. The molecule has 0 aliphatic carbocycles. The minimum absolute atomic E-state index is 0.0482. The molecule has 1 saturated heterocycles. The molecule has 3 amide bonds. The molecule has 2 N–H and O–H groups in total. The molecule has 2 aromatic carbocycles. The van der Waals surface area contributed by atoms with Crippen LogP contribution in [0.1, 0.15) is 28.8 Å². The van der Waals surface area contributed by atoms with Crippen molar-refractivity contribution >= 4 is 11.9 Å². The van der Waals surface area contributed by atoms with Gasteiger partial charge in [0.05, 0.1) is 0 Å². The maximum atomic E-state index is 12.5. The van der Waals surface area contributed by atoms with Gasteiger partial charge in [-0.15, -0.1) is 0 Å². The lowest BCUT2D eigenvalue weighted by Crippen LogP contribution is -2.49. The van der Waals surface area contributed by atoms with Gasteiger partial charge >= 0.3 is 6.03 Å². The summed E-state index contributed by atoms with van der Waals surface area (Å²) in [6.45, 7) is 2.79. The van der Waals surface area contributed by atoms with Crippen LogP contribution in [0.2, 0.25) is 0 Å². The number of urea groups is 1. The first-order valence-electron chi connectivity index (χ1n) is 9.96. The Hall–Kier alpha value is -3.22. The van der Waals surface area contributed by atoms with E-state index in [0.717, 1.165) is 24.2 Å². The maximum Gasteiger partial charge on any atom is 0.315 e. The number of nitrogens with one attached hydrogen (secondary N) is 2. The summed E-state index contributed by atoms with van der Waals surface area (Å²) in [5.41, 5.74) is 1.66. The average Bonchev–Trinajstić information content (AvgIpc) is 2.78. The maximum absolute atomic E-state index is 12.5. The third-order valence-corrected chi connectivity index (χ3v) is 5.20. The highest BCUT2D eigenvalue weighted by atomic mass is 16.6. The number of fused-ring (bicyclic) bond motifs is 1. The Morgan fingerprint density at radius 3 is 2.45 bits per heavy atom. The summed E-state index contributed by atoms with van der Waals surface area (Å²) in [4.78, 5) is 26.6. The van der Waals surface area contributed by atoms with Crippen molar-refractivity contribution in [2.75, 3.05) is 26.3 Å². The van der Waals surface area contributed by atoms with Crippen LogP contribution in [0.15, 0.2) is 48.5 Å². The first-order chi connectivity index (χ1) is 14.2. The number of rotatable bonds is 4. The molecule has 2 heterocycles. The van der Waals surface area contributed by atoms with Gasteiger partial charge in [-0.3, -0.25) is 4.79 Å². The fraction of sp³-hybridized carbons (Fsp3) is 0.364. The van der Waals surface area contributed by atoms with Crippen molar-refractivity contribution in [1.82, 2.24) is 15.5 Å². The van der Waals surface area contributed by atoms with Crippen LogP contribution >= 0.6 is 0 Å². The Morgan fingerprint density at radius 2 is 1.69 bits per heavy atom. The number of carbonyl (C=O) groups is 2. The van der Waals surface area contributed by atoms with Gasteiger partial charge < -0.3 is 25.0 Å². The first-order valence-corrected chi connectivity index (χ1v) is 9.96. The van der Waals surface area contributed by atoms with Gasteiger partial charge in [-0.1, -0.05) is 24.3 Å². The molecule has 2 aliphatic heterocycles. The molecule has 7 nitrogen and oxygen atoms in total. The quantitative estimate of drug-likeness (QED) is 0.834. The molecule has 4 rings (SSSR count). The van der Waals surface area contributed by atoms with Crippen LogP contribution in [0, 0.1) is 0 Å². The van der Waals surface area contributed by atoms with Gasteiger partial charge in [-0.2, -0.15) is 0 Å². The Balaban J connectivity index is 1.21. The molecule has 0 spiro atoms. The number of hydrogen-bond donors (Lipinski definition) is 2. The predicted molar refractivity (Wildman–Crippen MR) is 108 cm³/mol. The third-order valence-electron chi connectivity index (χ3n) is 5.20. The lowest BCUT2D eigenvalue weighted by molar-refractivity contribution is 0.0708. The Bertz CT molecular complexity index is 864. The third kappa shape index (κ3) is 4.80. The van der Waals surface area contributed by atoms with Crippen LogP contribution in [0.4, 0.5) is 4.79 Å². The molecule has 2 aromatic rings. The van der Waals surface area contributed by atoms with E-state index in [4.69, 9.17) is 9.47 Å². The molecule has 152 valence electrons. The van der Waals surface area contributed by atoms with Crippen LogP contribution in [0.3, 0.4) is 0 Å². The minimum atomic E-state index is -0.201. The monoisotopic (exact) mass is 395 g/mol. The van der Waals surface area contributed by atoms with E-state index in [9.17, 15) is 9.59 Å². The van der Waals surface area contributed by atoms with Gasteiger partial charge in [0, 0.05) is 31.2 Å². The lowest BCUT2D eigenvalue weighted by atomic mass is 10.0. The summed E-state index contributed by atoms with van der Waals surface area (Å²) in [5, 5.41) is 5.89. The van der Waals surface area contributed by atoms with Crippen LogP contribution in [-0.2, 0) is 6.54 Å². The van der Waals surface area contributed by atoms with Gasteiger partial charge in [-0.25, -0.2) is 4.79 Å². The highest BCUT2D eigenvalue weighted by molar-refractivity contribution is 5.94. The van der Waals surface area contributed by atoms with E-state index in [-0.39, 0.29) is 18.0 Å². The predicted octanol–water partition coefficient (Wildman–Crippen LogP) is 2.56. The molecule has 0 radical (unpaired) electrons. The minimum Gasteiger partial charge on any atom is -0.486 e. The fourth-order valence-electron chi connectivity index (χ4n) is 3.61. The standard InChI is InChI=1S/C22H25N3O4/c26-21(17-4-2-1-3-5-17)25-10-8-18(9-11-25)24-22(27)23-15-16-6-7-19-20(14-16)29-13-12-28-19/h1-7,14,18H,8-13,15H2,(H2,23,24,27). The molecule has 0 aromatic heterocycles. The second-order valence-electron chi connectivity index (χ2n) is 7.24. The van der Waals surface area contributed by atoms with Gasteiger partial charge in [0.15, 0.2) is 11.5 Å². The largest absolute Gasteiger partial charge is 0.486 e. The number of hydrogen-bond acceptors (Lipinski definition) is 4. The number of piperidine rings is 1. The van der Waals surface area contributed by atoms with Crippen LogP contribution in [0.5, 0.6) is 11.5 Å². The topological polar surface area (TPSA) is 79.9 Å². The molecule has 2 aliphatic rings. The van der Waals surface area contributed by atoms with Gasteiger partial charge in [0.1, 0.15) is 13.2 Å². The highest BCUT2D eigenvalue weighted by Crippen LogP contribution is 2.30. The highest BCUT2D eigenvalue weighted by Gasteiger charge is 2.24. The summed E-state index contributed by atoms with van der Waals surface area (Å²) in [7, 11) is 0. The van der Waals surface area contributed by atoms with Crippen molar-refractivity contribution in [3.05, 3.63) is 59.7 Å². The number of nitrogens with zero attached hydrogens (tertiary/aromatic N) is 1. The molecule has 7 heteroatoms. The Morgan fingerprint density at radius 1 is 0.966 bits per heavy atom. The zero-order valence-electron chi connectivity index (χ0n) is 16.2. The molecule has 1 fully saturated rings. The lowest BCUT2D eigenvalue weighted by Gasteiger charge is -2.32. The SMILES string of the molecule is O=C(NCc1ccc2c(c1)OCCO2)NC1CCN(C(=O)c2ccccc2)CC1. The molecule has 0 atom stereocenters. The zero-order chi connectivity index (χ0) is 20.1. The van der Waals surface area contributed by atoms with Crippen molar-refractivity contribution in [3.63, 3.8) is 0 Å². The fourth-order valence-corrected chi connectivity index (χ4v) is 3.61. The molecule has 29 heavy (non-hydrogen) atoms. The van der Waals surface area contributed by atoms with Crippen LogP contribution in [-0.4, -0.2) is 49.2 Å².